The third kappa shape index (κ3) is 5.45. The Labute approximate surface area is 170 Å². The highest BCUT2D eigenvalue weighted by atomic mass is 35.5. The number of nitrogens with zero attached hydrogens (tertiary/aromatic N) is 3. The Morgan fingerprint density at radius 3 is 2.72 bits per heavy atom. The van der Waals surface area contributed by atoms with Crippen LogP contribution in [0.15, 0.2) is 72.4 Å². The fourth-order valence-corrected chi connectivity index (χ4v) is 3.00. The number of aromatic amines is 1. The first-order valence-corrected chi connectivity index (χ1v) is 8.94. The molecule has 29 heavy (non-hydrogen) atoms. The normalized spacial score (nSPS) is 16.2. The van der Waals surface area contributed by atoms with Gasteiger partial charge in [-0.2, -0.15) is 0 Å². The average molecular weight is 417 g/mol. The van der Waals surface area contributed by atoms with E-state index in [1.54, 1.807) is 0 Å². The molecule has 1 aliphatic heterocycles. The molecule has 1 atom stereocenters. The number of halogens is 1. The summed E-state index contributed by atoms with van der Waals surface area (Å²) in [5.74, 6) is 0.724. The van der Waals surface area contributed by atoms with Crippen molar-refractivity contribution in [2.75, 3.05) is 6.61 Å². The summed E-state index contributed by atoms with van der Waals surface area (Å²) in [6.45, 7) is 0.877. The van der Waals surface area contributed by atoms with Crippen molar-refractivity contribution >= 4 is 17.3 Å². The van der Waals surface area contributed by atoms with Gasteiger partial charge in [0.15, 0.2) is 6.04 Å². The van der Waals surface area contributed by atoms with Gasteiger partial charge in [0, 0.05) is 10.6 Å². The Balaban J connectivity index is 0.000000552. The molecular formula is C19H17ClN4O5. The highest BCUT2D eigenvalue weighted by Crippen LogP contribution is 2.31. The van der Waals surface area contributed by atoms with Gasteiger partial charge in [0.25, 0.3) is 0 Å². The Kier molecular flexibility index (Phi) is 6.64. The predicted molar refractivity (Wildman–Crippen MR) is 105 cm³/mol. The minimum atomic E-state index is -1.75. The summed E-state index contributed by atoms with van der Waals surface area (Å²) in [7, 11) is 0. The molecule has 0 saturated heterocycles. The van der Waals surface area contributed by atoms with Gasteiger partial charge in [-0.05, 0) is 23.8 Å². The van der Waals surface area contributed by atoms with Crippen LogP contribution >= 0.6 is 11.6 Å². The molecule has 150 valence electrons. The zero-order valence-corrected chi connectivity index (χ0v) is 15.9. The Morgan fingerprint density at radius 2 is 2.03 bits per heavy atom. The van der Waals surface area contributed by atoms with Crippen molar-refractivity contribution in [3.8, 4) is 5.75 Å². The van der Waals surface area contributed by atoms with Crippen molar-refractivity contribution in [3.63, 3.8) is 0 Å². The zero-order chi connectivity index (χ0) is 20.6. The summed E-state index contributed by atoms with van der Waals surface area (Å²) in [5.41, 5.74) is 2.78. The van der Waals surface area contributed by atoms with E-state index in [9.17, 15) is 0 Å². The molecule has 0 aliphatic carbocycles. The minimum absolute atomic E-state index is 0.0734. The molecule has 10 heteroatoms. The first-order valence-electron chi connectivity index (χ1n) is 8.56. The molecule has 3 aromatic rings. The van der Waals surface area contributed by atoms with Crippen LogP contribution in [0.4, 0.5) is 0 Å². The Morgan fingerprint density at radius 1 is 1.28 bits per heavy atom. The number of benzene rings is 2. The van der Waals surface area contributed by atoms with Crippen molar-refractivity contribution in [1.29, 1.82) is 0 Å². The van der Waals surface area contributed by atoms with Gasteiger partial charge in [-0.1, -0.05) is 47.1 Å². The molecule has 0 bridgehead atoms. The molecule has 0 radical (unpaired) electrons. The summed E-state index contributed by atoms with van der Waals surface area (Å²) in [5, 5.41) is 19.8. The van der Waals surface area contributed by atoms with E-state index in [4.69, 9.17) is 36.5 Å². The number of fused-ring (bicyclic) bond motifs is 1. The van der Waals surface area contributed by atoms with Crippen molar-refractivity contribution < 1.29 is 19.2 Å². The largest absolute Gasteiger partial charge is 0.488 e. The lowest BCUT2D eigenvalue weighted by Gasteiger charge is -2.24. The molecule has 2 aromatic carbocycles. The molecule has 0 fully saturated rings. The van der Waals surface area contributed by atoms with Crippen molar-refractivity contribution in [1.82, 2.24) is 4.98 Å². The number of imidazole rings is 1. The summed E-state index contributed by atoms with van der Waals surface area (Å²) in [6, 6.07) is 15.4. The van der Waals surface area contributed by atoms with Gasteiger partial charge in [0.2, 0.25) is 6.33 Å². The number of hydrogen-bond donors (Lipinski definition) is 1. The van der Waals surface area contributed by atoms with Crippen LogP contribution in [0.25, 0.3) is 0 Å². The molecule has 0 spiro atoms. The second kappa shape index (κ2) is 9.56. The number of hydrogen-bond acceptors (Lipinski definition) is 6. The third-order valence-electron chi connectivity index (χ3n) is 4.10. The number of aromatic nitrogens is 2. The van der Waals surface area contributed by atoms with E-state index in [2.05, 4.69) is 10.1 Å². The maximum absolute atomic E-state index is 8.25. The standard InChI is InChI=1S/C19H16ClN3O2.NO3/c20-15-6-7-16-18(10-15)24-12-17(23-9-8-21-13-23)19(16)22-25-11-14-4-2-1-3-5-14;2-1(3)4/h1-10,13,17H,11-12H2;/q;-1/p+1/b22-19-;. The maximum atomic E-state index is 8.25. The Hall–Kier alpha value is -3.59. The third-order valence-corrected chi connectivity index (χ3v) is 4.33. The molecule has 1 N–H and O–H groups in total. The maximum Gasteiger partial charge on any atom is 0.242 e. The molecule has 9 nitrogen and oxygen atoms in total. The predicted octanol–water partition coefficient (Wildman–Crippen LogP) is 3.27. The van der Waals surface area contributed by atoms with Crippen LogP contribution in [-0.4, -0.2) is 22.4 Å². The first-order chi connectivity index (χ1) is 14.0. The molecule has 2 heterocycles. The van der Waals surface area contributed by atoms with Crippen LogP contribution < -0.4 is 9.30 Å². The van der Waals surface area contributed by atoms with E-state index >= 15 is 0 Å². The van der Waals surface area contributed by atoms with Gasteiger partial charge >= 0.3 is 0 Å². The summed E-state index contributed by atoms with van der Waals surface area (Å²) in [6.07, 6.45) is 5.68. The topological polar surface area (TPSA) is 117 Å². The fourth-order valence-electron chi connectivity index (χ4n) is 2.84. The van der Waals surface area contributed by atoms with Crippen LogP contribution in [0.2, 0.25) is 5.02 Å². The van der Waals surface area contributed by atoms with Gasteiger partial charge in [-0.25, -0.2) is 4.57 Å². The zero-order valence-electron chi connectivity index (χ0n) is 15.1. The van der Waals surface area contributed by atoms with E-state index < -0.39 is 5.09 Å². The minimum Gasteiger partial charge on any atom is -0.488 e. The second-order valence-electron chi connectivity index (χ2n) is 5.99. The van der Waals surface area contributed by atoms with Gasteiger partial charge in [0.05, 0.1) is 5.09 Å². The van der Waals surface area contributed by atoms with Crippen LogP contribution in [0, 0.1) is 15.3 Å². The summed E-state index contributed by atoms with van der Waals surface area (Å²) >= 11 is 6.08. The molecule has 1 aliphatic rings. The van der Waals surface area contributed by atoms with E-state index in [0.29, 0.717) is 18.2 Å². The van der Waals surface area contributed by atoms with Crippen molar-refractivity contribution in [2.45, 2.75) is 12.6 Å². The van der Waals surface area contributed by atoms with Crippen LogP contribution in [0.1, 0.15) is 17.2 Å². The number of oxime groups is 1. The van der Waals surface area contributed by atoms with Crippen LogP contribution in [-0.2, 0) is 11.4 Å². The smallest absolute Gasteiger partial charge is 0.242 e. The highest BCUT2D eigenvalue weighted by molar-refractivity contribution is 6.31. The number of ether oxygens (including phenoxy) is 1. The SMILES string of the molecule is Clc1ccc2c(c1)OCC([n+]1cc[nH]c1)/C2=N\OCc1ccccc1.O=[N+]([O-])[O-]. The number of nitrogens with one attached hydrogen (secondary N) is 1. The summed E-state index contributed by atoms with van der Waals surface area (Å²) in [4.78, 5) is 17.0. The monoisotopic (exact) mass is 416 g/mol. The van der Waals surface area contributed by atoms with Crippen molar-refractivity contribution in [3.05, 3.63) is 98.7 Å². The fraction of sp³-hybridized carbons (Fsp3) is 0.158. The lowest BCUT2D eigenvalue weighted by Crippen LogP contribution is -2.48. The van der Waals surface area contributed by atoms with Gasteiger partial charge in [-0.15, -0.1) is 0 Å². The molecule has 4 rings (SSSR count). The number of H-pyrrole nitrogens is 1. The number of rotatable bonds is 4. The van der Waals surface area contributed by atoms with Crippen molar-refractivity contribution in [2.24, 2.45) is 5.16 Å². The van der Waals surface area contributed by atoms with Gasteiger partial charge in [-0.3, -0.25) is 4.98 Å². The van der Waals surface area contributed by atoms with Gasteiger partial charge < -0.3 is 24.9 Å². The quantitative estimate of drug-likeness (QED) is 0.398. The second-order valence-corrected chi connectivity index (χ2v) is 6.42. The average Bonchev–Trinajstić information content (AvgIpc) is 3.23. The highest BCUT2D eigenvalue weighted by Gasteiger charge is 2.32. The van der Waals surface area contributed by atoms with Crippen LogP contribution in [0.3, 0.4) is 0 Å². The van der Waals surface area contributed by atoms with E-state index in [1.165, 1.54) is 0 Å². The van der Waals surface area contributed by atoms with Gasteiger partial charge in [0.1, 0.15) is 37.1 Å². The molecule has 1 aromatic heterocycles. The summed E-state index contributed by atoms with van der Waals surface area (Å²) < 4.78 is 7.90. The lowest BCUT2D eigenvalue weighted by molar-refractivity contribution is -0.706. The molecule has 1 unspecified atom stereocenters. The lowest BCUT2D eigenvalue weighted by atomic mass is 10.00. The van der Waals surface area contributed by atoms with E-state index in [1.807, 2.05) is 71.8 Å². The molecule has 0 amide bonds. The van der Waals surface area contributed by atoms with E-state index in [0.717, 1.165) is 22.6 Å². The van der Waals surface area contributed by atoms with E-state index in [-0.39, 0.29) is 6.04 Å². The molecule has 0 saturated carbocycles. The molecular weight excluding hydrogens is 400 g/mol. The first kappa shape index (κ1) is 20.2. The van der Waals surface area contributed by atoms with Crippen LogP contribution in [0.5, 0.6) is 5.75 Å². The Bertz CT molecular complexity index is 976.